The number of carbonyl (C=O) groups is 2. The molecule has 0 aliphatic heterocycles. The minimum atomic E-state index is -0.501. The van der Waals surface area contributed by atoms with E-state index in [-0.39, 0.29) is 17.4 Å². The molecule has 232 valence electrons. The summed E-state index contributed by atoms with van der Waals surface area (Å²) in [7, 11) is 0. The van der Waals surface area contributed by atoms with Crippen molar-refractivity contribution in [1.29, 1.82) is 0 Å². The van der Waals surface area contributed by atoms with Crippen molar-refractivity contribution in [2.75, 3.05) is 0 Å². The van der Waals surface area contributed by atoms with Crippen LogP contribution in [0.4, 0.5) is 0 Å². The van der Waals surface area contributed by atoms with Crippen LogP contribution in [0.5, 0.6) is 5.75 Å². The number of benzene rings is 3. The van der Waals surface area contributed by atoms with Crippen molar-refractivity contribution in [3.8, 4) is 16.9 Å². The van der Waals surface area contributed by atoms with Gasteiger partial charge in [0.1, 0.15) is 17.4 Å². The Morgan fingerprint density at radius 1 is 0.605 bits per heavy atom. The van der Waals surface area contributed by atoms with E-state index in [1.54, 1.807) is 36.4 Å². The van der Waals surface area contributed by atoms with Crippen LogP contribution < -0.4 is 4.74 Å². The highest BCUT2D eigenvalue weighted by molar-refractivity contribution is 5.96. The number of carbonyl (C=O) groups excluding carboxylic acids is 2. The Morgan fingerprint density at radius 2 is 1.16 bits per heavy atom. The molecule has 0 aromatic heterocycles. The first kappa shape index (κ1) is 34.1. The van der Waals surface area contributed by atoms with Crippen molar-refractivity contribution < 1.29 is 19.1 Å². The van der Waals surface area contributed by atoms with Crippen LogP contribution in [0.2, 0.25) is 0 Å². The highest BCUT2D eigenvalue weighted by Crippen LogP contribution is 2.25. The van der Waals surface area contributed by atoms with Crippen molar-refractivity contribution in [2.24, 2.45) is 0 Å². The van der Waals surface area contributed by atoms with Crippen LogP contribution in [0, 0.1) is 0 Å². The van der Waals surface area contributed by atoms with E-state index in [2.05, 4.69) is 38.1 Å². The summed E-state index contributed by atoms with van der Waals surface area (Å²) in [5.41, 5.74) is 4.23. The molecule has 0 aliphatic carbocycles. The summed E-state index contributed by atoms with van der Waals surface area (Å²) < 4.78 is 11.5. The van der Waals surface area contributed by atoms with Gasteiger partial charge in [-0.25, -0.2) is 9.59 Å². The van der Waals surface area contributed by atoms with E-state index in [0.717, 1.165) is 43.2 Å². The van der Waals surface area contributed by atoms with Crippen LogP contribution in [0.15, 0.2) is 72.8 Å². The van der Waals surface area contributed by atoms with Crippen LogP contribution >= 0.6 is 0 Å². The van der Waals surface area contributed by atoms with Gasteiger partial charge in [0.2, 0.25) is 0 Å². The summed E-state index contributed by atoms with van der Waals surface area (Å²) in [5.74, 6) is -0.736. The van der Waals surface area contributed by atoms with Crippen molar-refractivity contribution in [3.63, 3.8) is 0 Å². The molecule has 0 N–H and O–H groups in total. The Kier molecular flexibility index (Phi) is 15.6. The topological polar surface area (TPSA) is 52.6 Å². The summed E-state index contributed by atoms with van der Waals surface area (Å²) in [4.78, 5) is 26.0. The highest BCUT2D eigenvalue weighted by Gasteiger charge is 2.20. The molecule has 43 heavy (non-hydrogen) atoms. The molecule has 0 spiro atoms. The van der Waals surface area contributed by atoms with Crippen molar-refractivity contribution in [1.82, 2.24) is 0 Å². The van der Waals surface area contributed by atoms with E-state index in [0.29, 0.717) is 5.56 Å². The zero-order valence-electron chi connectivity index (χ0n) is 26.7. The standard InChI is InChI=1S/C39H52O4/c1-4-7-9-11-12-13-14-15-19-31-23-25-32(26-24-31)33-27-29-34(30-28-33)38(40)43-37-22-18-17-21-36(37)39(41)42-35(6-3)20-16-10-8-5-2/h17-18,21-30,35H,4-16,19-20H2,1-3H3. The van der Waals surface area contributed by atoms with E-state index >= 15 is 0 Å². The smallest absolute Gasteiger partial charge is 0.343 e. The van der Waals surface area contributed by atoms with E-state index in [1.807, 2.05) is 19.1 Å². The Labute approximate surface area is 260 Å². The summed E-state index contributed by atoms with van der Waals surface area (Å²) in [6.07, 6.45) is 17.8. The van der Waals surface area contributed by atoms with Crippen molar-refractivity contribution >= 4 is 11.9 Å². The van der Waals surface area contributed by atoms with Gasteiger partial charge in [-0.15, -0.1) is 0 Å². The molecule has 3 rings (SSSR count). The maximum Gasteiger partial charge on any atom is 0.343 e. The van der Waals surface area contributed by atoms with Gasteiger partial charge in [0.25, 0.3) is 0 Å². The summed E-state index contributed by atoms with van der Waals surface area (Å²) >= 11 is 0. The molecule has 1 atom stereocenters. The molecule has 0 saturated carbocycles. The lowest BCUT2D eigenvalue weighted by atomic mass is 10.00. The molecule has 0 amide bonds. The maximum atomic E-state index is 13.0. The van der Waals surface area contributed by atoms with Crippen LogP contribution in [0.25, 0.3) is 11.1 Å². The van der Waals surface area contributed by atoms with Gasteiger partial charge in [-0.2, -0.15) is 0 Å². The Balaban J connectivity index is 1.51. The number of esters is 2. The third-order valence-corrected chi connectivity index (χ3v) is 8.15. The lowest BCUT2D eigenvalue weighted by molar-refractivity contribution is 0.0263. The minimum absolute atomic E-state index is 0.139. The molecule has 0 heterocycles. The number of unbranched alkanes of at least 4 members (excludes halogenated alkanes) is 10. The molecule has 0 bridgehead atoms. The zero-order chi connectivity index (χ0) is 30.7. The number of rotatable bonds is 20. The van der Waals surface area contributed by atoms with Gasteiger partial charge in [0.05, 0.1) is 5.56 Å². The predicted molar refractivity (Wildman–Crippen MR) is 178 cm³/mol. The van der Waals surface area contributed by atoms with Gasteiger partial charge in [-0.1, -0.05) is 134 Å². The number of ether oxygens (including phenoxy) is 2. The Bertz CT molecular complexity index is 1210. The summed E-state index contributed by atoms with van der Waals surface area (Å²) in [6.45, 7) is 6.47. The minimum Gasteiger partial charge on any atom is -0.459 e. The summed E-state index contributed by atoms with van der Waals surface area (Å²) in [6, 6.07) is 23.0. The lowest BCUT2D eigenvalue weighted by Crippen LogP contribution is -2.19. The lowest BCUT2D eigenvalue weighted by Gasteiger charge is -2.17. The second kappa shape index (κ2) is 19.7. The third-order valence-electron chi connectivity index (χ3n) is 8.15. The molecule has 0 radical (unpaired) electrons. The Morgan fingerprint density at radius 3 is 1.79 bits per heavy atom. The maximum absolute atomic E-state index is 13.0. The molecule has 0 saturated heterocycles. The van der Waals surface area contributed by atoms with Crippen LogP contribution in [-0.2, 0) is 11.2 Å². The van der Waals surface area contributed by atoms with Crippen LogP contribution in [0.3, 0.4) is 0 Å². The Hall–Kier alpha value is -3.40. The normalized spacial score (nSPS) is 11.7. The van der Waals surface area contributed by atoms with Gasteiger partial charge < -0.3 is 9.47 Å². The monoisotopic (exact) mass is 584 g/mol. The van der Waals surface area contributed by atoms with Crippen molar-refractivity contribution in [3.05, 3.63) is 89.5 Å². The van der Waals surface area contributed by atoms with E-state index in [4.69, 9.17) is 9.47 Å². The van der Waals surface area contributed by atoms with Gasteiger partial charge in [0, 0.05) is 0 Å². The SMILES string of the molecule is CCCCCCCCCCc1ccc(-c2ccc(C(=O)Oc3ccccc3C(=O)OC(CC)CCCCCC)cc2)cc1. The number of aryl methyl sites for hydroxylation is 1. The quantitative estimate of drug-likeness (QED) is 0.0753. The average Bonchev–Trinajstić information content (AvgIpc) is 3.04. The van der Waals surface area contributed by atoms with E-state index in [1.165, 1.54) is 69.8 Å². The molecule has 0 fully saturated rings. The fraction of sp³-hybridized carbons (Fsp3) is 0.487. The molecule has 1 unspecified atom stereocenters. The molecule has 4 heteroatoms. The highest BCUT2D eigenvalue weighted by atomic mass is 16.6. The van der Waals surface area contributed by atoms with E-state index in [9.17, 15) is 9.59 Å². The molecule has 3 aromatic carbocycles. The van der Waals surface area contributed by atoms with Crippen LogP contribution in [0.1, 0.15) is 137 Å². The number of hydrogen-bond donors (Lipinski definition) is 0. The first-order valence-corrected chi connectivity index (χ1v) is 16.8. The van der Waals surface area contributed by atoms with Crippen LogP contribution in [-0.4, -0.2) is 18.0 Å². The van der Waals surface area contributed by atoms with Gasteiger partial charge >= 0.3 is 11.9 Å². The van der Waals surface area contributed by atoms with Gasteiger partial charge in [0.15, 0.2) is 0 Å². The second-order valence-corrected chi connectivity index (χ2v) is 11.7. The number of para-hydroxylation sites is 1. The van der Waals surface area contributed by atoms with Gasteiger partial charge in [-0.05, 0) is 73.1 Å². The van der Waals surface area contributed by atoms with Gasteiger partial charge in [-0.3, -0.25) is 0 Å². The second-order valence-electron chi connectivity index (χ2n) is 11.7. The predicted octanol–water partition coefficient (Wildman–Crippen LogP) is 11.2. The fourth-order valence-corrected chi connectivity index (χ4v) is 5.37. The molecular formula is C39H52O4. The molecule has 4 nitrogen and oxygen atoms in total. The van der Waals surface area contributed by atoms with Crippen molar-refractivity contribution in [2.45, 2.75) is 123 Å². The zero-order valence-corrected chi connectivity index (χ0v) is 26.7. The number of hydrogen-bond acceptors (Lipinski definition) is 4. The fourth-order valence-electron chi connectivity index (χ4n) is 5.37. The average molecular weight is 585 g/mol. The van der Waals surface area contributed by atoms with E-state index < -0.39 is 11.9 Å². The molecular weight excluding hydrogens is 532 g/mol. The third kappa shape index (κ3) is 12.0. The summed E-state index contributed by atoms with van der Waals surface area (Å²) in [5, 5.41) is 0. The largest absolute Gasteiger partial charge is 0.459 e. The first-order chi connectivity index (χ1) is 21.0. The molecule has 3 aromatic rings. The molecule has 0 aliphatic rings. The first-order valence-electron chi connectivity index (χ1n) is 16.8.